The first-order valence-corrected chi connectivity index (χ1v) is 40.3. The van der Waals surface area contributed by atoms with Crippen molar-refractivity contribution in [3.63, 3.8) is 0 Å². The van der Waals surface area contributed by atoms with Crippen LogP contribution >= 0.6 is 0 Å². The van der Waals surface area contributed by atoms with Gasteiger partial charge in [0.15, 0.2) is 0 Å². The first-order valence-electron chi connectivity index (χ1n) is 40.3. The van der Waals surface area contributed by atoms with Gasteiger partial charge >= 0.3 is 5.97 Å². The lowest BCUT2D eigenvalue weighted by Crippen LogP contribution is -2.45. The van der Waals surface area contributed by atoms with Gasteiger partial charge in [0.25, 0.3) is 0 Å². The normalized spacial score (nSPS) is 12.4. The Morgan fingerprint density at radius 1 is 0.279 bits per heavy atom. The lowest BCUT2D eigenvalue weighted by Gasteiger charge is -2.22. The van der Waals surface area contributed by atoms with E-state index in [0.717, 1.165) is 38.5 Å². The number of ether oxygens (including phenoxy) is 1. The molecule has 0 aliphatic rings. The number of unbranched alkanes of at least 4 members (excludes halogenated alkanes) is 66. The van der Waals surface area contributed by atoms with E-state index in [4.69, 9.17) is 4.74 Å². The summed E-state index contributed by atoms with van der Waals surface area (Å²) in [4.78, 5) is 24.6. The number of amides is 1. The van der Waals surface area contributed by atoms with Crippen molar-refractivity contribution in [1.82, 2.24) is 5.32 Å². The number of aliphatic hydroxyl groups excluding tert-OH is 2. The fraction of sp³-hybridized carbons (Fsp3) is 0.975. The van der Waals surface area contributed by atoms with Crippen molar-refractivity contribution < 1.29 is 24.5 Å². The molecule has 0 aromatic heterocycles. The SMILES string of the molecule is CCCCCCCCCCCCCCCCCCCC(=O)OCCCCCCCCCCCCCCCCCCCCCCCCCCCCCCCCCCCCCCCC(=O)NC(CO)C(O)CCCCCCCCCCCCCCCCC. The fourth-order valence-electron chi connectivity index (χ4n) is 13.3. The van der Waals surface area contributed by atoms with Gasteiger partial charge in [0.05, 0.1) is 25.4 Å². The first-order chi connectivity index (χ1) is 42.5. The zero-order valence-corrected chi connectivity index (χ0v) is 59.1. The van der Waals surface area contributed by atoms with Crippen LogP contribution in [0.5, 0.6) is 0 Å². The van der Waals surface area contributed by atoms with E-state index in [1.807, 2.05) is 0 Å². The second kappa shape index (κ2) is 76.3. The van der Waals surface area contributed by atoms with E-state index in [0.29, 0.717) is 25.9 Å². The molecular weight excluding hydrogens is 1050 g/mol. The molecule has 6 heteroatoms. The monoisotopic (exact) mass is 1210 g/mol. The highest BCUT2D eigenvalue weighted by Crippen LogP contribution is 2.21. The van der Waals surface area contributed by atoms with Crippen LogP contribution in [0.15, 0.2) is 0 Å². The van der Waals surface area contributed by atoms with E-state index in [2.05, 4.69) is 19.2 Å². The smallest absolute Gasteiger partial charge is 0.305 e. The van der Waals surface area contributed by atoms with Crippen LogP contribution in [0.3, 0.4) is 0 Å². The molecule has 0 aliphatic heterocycles. The maximum Gasteiger partial charge on any atom is 0.305 e. The minimum atomic E-state index is -0.659. The Morgan fingerprint density at radius 3 is 0.709 bits per heavy atom. The largest absolute Gasteiger partial charge is 0.466 e. The minimum absolute atomic E-state index is 0.0249. The van der Waals surface area contributed by atoms with E-state index in [1.54, 1.807) is 0 Å². The zero-order valence-electron chi connectivity index (χ0n) is 59.1. The lowest BCUT2D eigenvalue weighted by atomic mass is 10.0. The average Bonchev–Trinajstić information content (AvgIpc) is 3.55. The highest BCUT2D eigenvalue weighted by atomic mass is 16.5. The number of carbonyl (C=O) groups excluding carboxylic acids is 2. The number of hydrogen-bond acceptors (Lipinski definition) is 5. The molecular formula is C80H159NO5. The predicted molar refractivity (Wildman–Crippen MR) is 380 cm³/mol. The molecule has 0 aromatic rings. The van der Waals surface area contributed by atoms with Crippen molar-refractivity contribution in [2.75, 3.05) is 13.2 Å². The molecule has 2 unspecified atom stereocenters. The molecule has 0 aliphatic carbocycles. The minimum Gasteiger partial charge on any atom is -0.466 e. The predicted octanol–water partition coefficient (Wildman–Crippen LogP) is 26.5. The molecule has 0 spiro atoms. The van der Waals surface area contributed by atoms with Crippen molar-refractivity contribution in [1.29, 1.82) is 0 Å². The van der Waals surface area contributed by atoms with E-state index in [9.17, 15) is 19.8 Å². The Kier molecular flexibility index (Phi) is 75.3. The van der Waals surface area contributed by atoms with Gasteiger partial charge in [0.1, 0.15) is 0 Å². The van der Waals surface area contributed by atoms with E-state index in [-0.39, 0.29) is 18.5 Å². The van der Waals surface area contributed by atoms with E-state index >= 15 is 0 Å². The highest BCUT2D eigenvalue weighted by molar-refractivity contribution is 5.76. The van der Waals surface area contributed by atoms with Crippen molar-refractivity contribution in [3.05, 3.63) is 0 Å². The van der Waals surface area contributed by atoms with Gasteiger partial charge in [-0.2, -0.15) is 0 Å². The second-order valence-electron chi connectivity index (χ2n) is 28.1. The van der Waals surface area contributed by atoms with Gasteiger partial charge in [0, 0.05) is 12.8 Å². The van der Waals surface area contributed by atoms with Gasteiger partial charge in [-0.1, -0.05) is 438 Å². The van der Waals surface area contributed by atoms with Gasteiger partial charge in [-0.05, 0) is 25.7 Å². The lowest BCUT2D eigenvalue weighted by molar-refractivity contribution is -0.143. The van der Waals surface area contributed by atoms with E-state index in [1.165, 1.54) is 405 Å². The summed E-state index contributed by atoms with van der Waals surface area (Å²) in [5, 5.41) is 23.4. The molecule has 3 N–H and O–H groups in total. The Balaban J connectivity index is 3.27. The summed E-state index contributed by atoms with van der Waals surface area (Å²) in [7, 11) is 0. The van der Waals surface area contributed by atoms with Crippen molar-refractivity contribution in [3.8, 4) is 0 Å². The summed E-state index contributed by atoms with van der Waals surface area (Å²) in [5.41, 5.74) is 0. The number of rotatable bonds is 77. The maximum atomic E-state index is 12.5. The molecule has 0 heterocycles. The van der Waals surface area contributed by atoms with E-state index < -0.39 is 12.1 Å². The molecule has 1 amide bonds. The van der Waals surface area contributed by atoms with Crippen molar-refractivity contribution in [2.45, 2.75) is 488 Å². The highest BCUT2D eigenvalue weighted by Gasteiger charge is 2.20. The molecule has 0 bridgehead atoms. The fourth-order valence-corrected chi connectivity index (χ4v) is 13.3. The second-order valence-corrected chi connectivity index (χ2v) is 28.1. The molecule has 6 nitrogen and oxygen atoms in total. The van der Waals surface area contributed by atoms with Crippen LogP contribution in [-0.2, 0) is 14.3 Å². The number of hydrogen-bond donors (Lipinski definition) is 3. The molecule has 0 saturated heterocycles. The summed E-state index contributed by atoms with van der Waals surface area (Å²) in [5.74, 6) is 0.00387. The Morgan fingerprint density at radius 2 is 0.477 bits per heavy atom. The molecule has 0 radical (unpaired) electrons. The third-order valence-electron chi connectivity index (χ3n) is 19.4. The third kappa shape index (κ3) is 71.9. The first kappa shape index (κ1) is 84.9. The molecule has 514 valence electrons. The molecule has 0 rings (SSSR count). The quantitative estimate of drug-likeness (QED) is 0.0417. The van der Waals surface area contributed by atoms with Crippen molar-refractivity contribution in [2.24, 2.45) is 0 Å². The van der Waals surface area contributed by atoms with Crippen LogP contribution in [0.4, 0.5) is 0 Å². The van der Waals surface area contributed by atoms with Gasteiger partial charge < -0.3 is 20.3 Å². The number of aliphatic hydroxyl groups is 2. The van der Waals surface area contributed by atoms with Gasteiger partial charge in [-0.15, -0.1) is 0 Å². The molecule has 0 aromatic carbocycles. The molecule has 86 heavy (non-hydrogen) atoms. The van der Waals surface area contributed by atoms with Crippen LogP contribution < -0.4 is 5.32 Å². The summed E-state index contributed by atoms with van der Waals surface area (Å²) in [6.07, 6.45) is 95.0. The average molecular weight is 1220 g/mol. The zero-order chi connectivity index (χ0) is 62.0. The maximum absolute atomic E-state index is 12.5. The summed E-state index contributed by atoms with van der Waals surface area (Å²) >= 11 is 0. The third-order valence-corrected chi connectivity index (χ3v) is 19.4. The Labute approximate surface area is 540 Å². The Hall–Kier alpha value is -1.14. The van der Waals surface area contributed by atoms with Crippen molar-refractivity contribution >= 4 is 11.9 Å². The summed E-state index contributed by atoms with van der Waals surface area (Å²) in [6.45, 7) is 5.02. The van der Waals surface area contributed by atoms with Gasteiger partial charge in [-0.3, -0.25) is 9.59 Å². The molecule has 0 saturated carbocycles. The van der Waals surface area contributed by atoms with Gasteiger partial charge in [0.2, 0.25) is 5.91 Å². The van der Waals surface area contributed by atoms with Crippen LogP contribution in [-0.4, -0.2) is 47.4 Å². The van der Waals surface area contributed by atoms with Crippen LogP contribution in [0.25, 0.3) is 0 Å². The van der Waals surface area contributed by atoms with Crippen LogP contribution in [0, 0.1) is 0 Å². The standard InChI is InChI=1S/C80H159NO5/c1-3-5-7-9-11-13-15-17-19-41-46-50-54-58-62-66-70-74-80(85)86-75-71-67-63-59-55-51-47-43-40-38-36-34-32-30-28-26-24-22-20-21-23-25-27-29-31-33-35-37-39-42-45-49-53-57-61-65-69-73-79(84)81-77(76-82)78(83)72-68-64-60-56-52-48-44-18-16-14-12-10-8-6-4-2/h77-78,82-83H,3-76H2,1-2H3,(H,81,84). The number of nitrogens with one attached hydrogen (secondary N) is 1. The summed E-state index contributed by atoms with van der Waals surface area (Å²) < 4.78 is 5.52. The van der Waals surface area contributed by atoms with Crippen LogP contribution in [0.1, 0.15) is 476 Å². The van der Waals surface area contributed by atoms with Crippen LogP contribution in [0.2, 0.25) is 0 Å². The summed E-state index contributed by atoms with van der Waals surface area (Å²) in [6, 6.07) is -0.536. The van der Waals surface area contributed by atoms with Gasteiger partial charge in [-0.25, -0.2) is 0 Å². The molecule has 0 fully saturated rings. The number of carbonyl (C=O) groups is 2. The molecule has 2 atom stereocenters. The Bertz CT molecular complexity index is 1260. The topological polar surface area (TPSA) is 95.9 Å². The number of esters is 1.